The molecule has 2 aromatic rings. The topological polar surface area (TPSA) is 72.5 Å². The smallest absolute Gasteiger partial charge is 0.306 e. The van der Waals surface area contributed by atoms with Crippen LogP contribution >= 0.6 is 34.8 Å². The lowest BCUT2D eigenvalue weighted by Crippen LogP contribution is -2.21. The molecule has 0 bridgehead atoms. The number of hydrogen-bond donors (Lipinski definition) is 1. The van der Waals surface area contributed by atoms with Gasteiger partial charge in [-0.1, -0.05) is 40.9 Å². The number of halogens is 3. The summed E-state index contributed by atoms with van der Waals surface area (Å²) < 4.78 is 4.85. The molecule has 0 spiro atoms. The van der Waals surface area contributed by atoms with Crippen LogP contribution in [0, 0.1) is 0 Å². The van der Waals surface area contributed by atoms with Crippen LogP contribution in [-0.2, 0) is 14.3 Å². The van der Waals surface area contributed by atoms with Gasteiger partial charge >= 0.3 is 5.97 Å². The Labute approximate surface area is 165 Å². The molecule has 0 aromatic heterocycles. The lowest BCUT2D eigenvalue weighted by molar-refractivity contribution is -0.147. The highest BCUT2D eigenvalue weighted by Crippen LogP contribution is 2.29. The van der Waals surface area contributed by atoms with Crippen LogP contribution in [-0.4, -0.2) is 24.3 Å². The Morgan fingerprint density at radius 2 is 1.62 bits per heavy atom. The van der Waals surface area contributed by atoms with Crippen molar-refractivity contribution in [1.29, 1.82) is 0 Å². The fourth-order valence-electron chi connectivity index (χ4n) is 2.00. The van der Waals surface area contributed by atoms with Crippen molar-refractivity contribution in [1.82, 2.24) is 0 Å². The van der Waals surface area contributed by atoms with Crippen molar-refractivity contribution in [3.63, 3.8) is 0 Å². The maximum absolute atomic E-state index is 12.0. The van der Waals surface area contributed by atoms with Crippen molar-refractivity contribution in [3.05, 3.63) is 63.1 Å². The van der Waals surface area contributed by atoms with Crippen molar-refractivity contribution >= 4 is 58.1 Å². The summed E-state index contributed by atoms with van der Waals surface area (Å²) in [5, 5.41) is 3.50. The molecule has 2 rings (SSSR count). The molecule has 0 aliphatic rings. The van der Waals surface area contributed by atoms with Gasteiger partial charge in [-0.15, -0.1) is 0 Å². The zero-order valence-corrected chi connectivity index (χ0v) is 15.7. The normalized spacial score (nSPS) is 10.3. The van der Waals surface area contributed by atoms with Crippen molar-refractivity contribution in [2.75, 3.05) is 11.9 Å². The third-order valence-electron chi connectivity index (χ3n) is 3.31. The van der Waals surface area contributed by atoms with Gasteiger partial charge in [0.25, 0.3) is 5.91 Å². The summed E-state index contributed by atoms with van der Waals surface area (Å²) in [6, 6.07) is 11.1. The zero-order chi connectivity index (χ0) is 19.1. The van der Waals surface area contributed by atoms with Crippen LogP contribution in [0.2, 0.25) is 15.1 Å². The van der Waals surface area contributed by atoms with Crippen molar-refractivity contribution < 1.29 is 19.1 Å². The molecule has 2 aromatic carbocycles. The van der Waals surface area contributed by atoms with Gasteiger partial charge in [-0.3, -0.25) is 14.4 Å². The molecule has 0 heterocycles. The van der Waals surface area contributed by atoms with Crippen LogP contribution in [0.4, 0.5) is 5.69 Å². The number of ether oxygens (including phenoxy) is 1. The second kappa shape index (κ2) is 9.57. The summed E-state index contributed by atoms with van der Waals surface area (Å²) in [6.07, 6.45) is -0.158. The van der Waals surface area contributed by atoms with Crippen molar-refractivity contribution in [3.8, 4) is 0 Å². The average molecular weight is 415 g/mol. The Hall–Kier alpha value is -2.08. The Balaban J connectivity index is 1.76. The molecule has 1 N–H and O–H groups in total. The second-order valence-corrected chi connectivity index (χ2v) is 6.46. The summed E-state index contributed by atoms with van der Waals surface area (Å²) in [4.78, 5) is 35.4. The third kappa shape index (κ3) is 6.02. The summed E-state index contributed by atoms with van der Waals surface area (Å²) >= 11 is 17.6. The second-order valence-electron chi connectivity index (χ2n) is 5.24. The zero-order valence-electron chi connectivity index (χ0n) is 13.4. The molecule has 136 valence electrons. The first kappa shape index (κ1) is 20.2. The number of nitrogens with one attached hydrogen (secondary N) is 1. The molecule has 0 radical (unpaired) electrons. The van der Waals surface area contributed by atoms with Gasteiger partial charge in [0.1, 0.15) is 0 Å². The van der Waals surface area contributed by atoms with Crippen LogP contribution < -0.4 is 5.32 Å². The molecule has 0 aliphatic carbocycles. The standard InChI is InChI=1S/C18H14Cl3NO4/c19-12-6-4-11(5-7-12)15(23)8-9-17(25)26-10-16(24)22-14-3-1-2-13(20)18(14)21/h1-7H,8-10H2,(H,22,24). The molecule has 1 amide bonds. The van der Waals surface area contributed by atoms with Gasteiger partial charge in [0.2, 0.25) is 0 Å². The van der Waals surface area contributed by atoms with E-state index in [-0.39, 0.29) is 23.6 Å². The number of rotatable bonds is 7. The van der Waals surface area contributed by atoms with Gasteiger partial charge < -0.3 is 10.1 Å². The summed E-state index contributed by atoms with van der Waals surface area (Å²) in [5.41, 5.74) is 0.772. The highest BCUT2D eigenvalue weighted by Gasteiger charge is 2.13. The van der Waals surface area contributed by atoms with Crippen LogP contribution in [0.3, 0.4) is 0 Å². The molecular formula is C18H14Cl3NO4. The fourth-order valence-corrected chi connectivity index (χ4v) is 2.47. The van der Waals surface area contributed by atoms with E-state index in [1.165, 1.54) is 0 Å². The number of hydrogen-bond acceptors (Lipinski definition) is 4. The molecule has 0 aliphatic heterocycles. The van der Waals surface area contributed by atoms with E-state index in [1.54, 1.807) is 42.5 Å². The van der Waals surface area contributed by atoms with Crippen LogP contribution in [0.5, 0.6) is 0 Å². The predicted molar refractivity (Wildman–Crippen MR) is 101 cm³/mol. The Morgan fingerprint density at radius 1 is 0.923 bits per heavy atom. The lowest BCUT2D eigenvalue weighted by Gasteiger charge is -2.08. The fraction of sp³-hybridized carbons (Fsp3) is 0.167. The number of ketones is 1. The minimum atomic E-state index is -0.653. The predicted octanol–water partition coefficient (Wildman–Crippen LogP) is 4.79. The number of benzene rings is 2. The van der Waals surface area contributed by atoms with Crippen LogP contribution in [0.15, 0.2) is 42.5 Å². The van der Waals surface area contributed by atoms with Gasteiger partial charge in [0.05, 0.1) is 22.2 Å². The van der Waals surface area contributed by atoms with Crippen molar-refractivity contribution in [2.45, 2.75) is 12.8 Å². The Bertz CT molecular complexity index is 822. The molecule has 0 saturated heterocycles. The lowest BCUT2D eigenvalue weighted by atomic mass is 10.1. The molecule has 26 heavy (non-hydrogen) atoms. The molecule has 8 heteroatoms. The number of Topliss-reactive ketones (excluding diaryl/α,β-unsaturated/α-hetero) is 1. The summed E-state index contributed by atoms with van der Waals surface area (Å²) in [7, 11) is 0. The SMILES string of the molecule is O=C(COC(=O)CCC(=O)c1ccc(Cl)cc1)Nc1cccc(Cl)c1Cl. The first-order valence-electron chi connectivity index (χ1n) is 7.55. The van der Waals surface area contributed by atoms with E-state index < -0.39 is 18.5 Å². The molecule has 0 fully saturated rings. The van der Waals surface area contributed by atoms with Crippen LogP contribution in [0.1, 0.15) is 23.2 Å². The van der Waals surface area contributed by atoms with E-state index in [4.69, 9.17) is 39.5 Å². The molecule has 0 saturated carbocycles. The average Bonchev–Trinajstić information content (AvgIpc) is 2.62. The first-order chi connectivity index (χ1) is 12.4. The minimum Gasteiger partial charge on any atom is -0.456 e. The highest BCUT2D eigenvalue weighted by atomic mass is 35.5. The molecule has 5 nitrogen and oxygen atoms in total. The van der Waals surface area contributed by atoms with Gasteiger partial charge in [-0.25, -0.2) is 0 Å². The quantitative estimate of drug-likeness (QED) is 0.522. The largest absolute Gasteiger partial charge is 0.456 e. The maximum Gasteiger partial charge on any atom is 0.306 e. The summed E-state index contributed by atoms with van der Waals surface area (Å²) in [6.45, 7) is -0.489. The van der Waals surface area contributed by atoms with E-state index in [9.17, 15) is 14.4 Å². The highest BCUT2D eigenvalue weighted by molar-refractivity contribution is 6.44. The van der Waals surface area contributed by atoms with Gasteiger partial charge in [-0.2, -0.15) is 0 Å². The monoisotopic (exact) mass is 413 g/mol. The number of esters is 1. The molecule has 0 atom stereocenters. The van der Waals surface area contributed by atoms with Crippen LogP contribution in [0.25, 0.3) is 0 Å². The third-order valence-corrected chi connectivity index (χ3v) is 4.38. The van der Waals surface area contributed by atoms with E-state index in [0.717, 1.165) is 0 Å². The number of anilines is 1. The van der Waals surface area contributed by atoms with E-state index in [0.29, 0.717) is 21.3 Å². The van der Waals surface area contributed by atoms with Crippen molar-refractivity contribution in [2.24, 2.45) is 0 Å². The van der Waals surface area contributed by atoms with Gasteiger partial charge in [-0.05, 0) is 36.4 Å². The van der Waals surface area contributed by atoms with E-state index >= 15 is 0 Å². The number of carbonyl (C=O) groups excluding carboxylic acids is 3. The van der Waals surface area contributed by atoms with E-state index in [2.05, 4.69) is 5.32 Å². The maximum atomic E-state index is 12.0. The van der Waals surface area contributed by atoms with Gasteiger partial charge in [0.15, 0.2) is 12.4 Å². The number of amides is 1. The first-order valence-corrected chi connectivity index (χ1v) is 8.68. The van der Waals surface area contributed by atoms with Gasteiger partial charge in [0, 0.05) is 17.0 Å². The molecular weight excluding hydrogens is 401 g/mol. The number of carbonyl (C=O) groups is 3. The Morgan fingerprint density at radius 3 is 2.31 bits per heavy atom. The molecule has 0 unspecified atom stereocenters. The summed E-state index contributed by atoms with van der Waals surface area (Å²) in [5.74, 6) is -1.43. The van der Waals surface area contributed by atoms with E-state index in [1.807, 2.05) is 0 Å². The minimum absolute atomic E-state index is 0.0256. The Kier molecular flexibility index (Phi) is 7.45.